The fraction of sp³-hybridized carbons (Fsp3) is 0.400. The number of halogens is 4. The minimum absolute atomic E-state index is 0.0898. The smallest absolute Gasteiger partial charge is 0.247 e. The van der Waals surface area contributed by atoms with Crippen LogP contribution in [0.4, 0.5) is 0 Å². The summed E-state index contributed by atoms with van der Waals surface area (Å²) < 4.78 is 21.1. The van der Waals surface area contributed by atoms with Crippen molar-refractivity contribution in [2.45, 2.75) is 16.7 Å². The molecule has 0 heterocycles. The van der Waals surface area contributed by atoms with Gasteiger partial charge < -0.3 is 5.11 Å². The predicted molar refractivity (Wildman–Crippen MR) is 75.3 cm³/mol. The molecule has 3 nitrogen and oxygen atoms in total. The van der Waals surface area contributed by atoms with Crippen molar-refractivity contribution in [3.63, 3.8) is 0 Å². The van der Waals surface area contributed by atoms with E-state index in [0.717, 1.165) is 0 Å². The molecular weight excluding hydrogens is 342 g/mol. The quantitative estimate of drug-likeness (QED) is 0.843. The molecular formula is C10H10Cl4O3S. The van der Waals surface area contributed by atoms with E-state index < -0.39 is 19.6 Å². The van der Waals surface area contributed by atoms with Crippen molar-refractivity contribution >= 4 is 56.2 Å². The maximum atomic E-state index is 11.7. The van der Waals surface area contributed by atoms with Gasteiger partial charge in [-0.25, -0.2) is 8.42 Å². The Bertz CT molecular complexity index is 542. The highest BCUT2D eigenvalue weighted by Gasteiger charge is 2.47. The summed E-state index contributed by atoms with van der Waals surface area (Å²) in [4.78, 5) is 0. The molecule has 102 valence electrons. The van der Waals surface area contributed by atoms with Crippen LogP contribution in [0.3, 0.4) is 0 Å². The van der Waals surface area contributed by atoms with Crippen LogP contribution in [0, 0.1) is 0 Å². The lowest BCUT2D eigenvalue weighted by molar-refractivity contribution is 0.181. The monoisotopic (exact) mass is 350 g/mol. The Hall–Kier alpha value is 0.290. The summed E-state index contributed by atoms with van der Waals surface area (Å²) in [6.07, 6.45) is -1.67. The first-order valence-corrected chi connectivity index (χ1v) is 8.03. The van der Waals surface area contributed by atoms with Gasteiger partial charge in [0.05, 0.1) is 5.75 Å². The first kappa shape index (κ1) is 16.3. The summed E-state index contributed by atoms with van der Waals surface area (Å²) in [7, 11) is -3.88. The Morgan fingerprint density at radius 2 is 1.89 bits per heavy atom. The van der Waals surface area contributed by atoms with Gasteiger partial charge in [0.1, 0.15) is 6.10 Å². The molecule has 1 atom stereocenters. The van der Waals surface area contributed by atoms with Crippen molar-refractivity contribution in [2.75, 3.05) is 5.75 Å². The molecule has 0 amide bonds. The fourth-order valence-electron chi connectivity index (χ4n) is 1.27. The molecule has 0 aliphatic heterocycles. The molecule has 18 heavy (non-hydrogen) atoms. The molecule has 0 spiro atoms. The van der Waals surface area contributed by atoms with Gasteiger partial charge in [-0.1, -0.05) is 59.4 Å². The van der Waals surface area contributed by atoms with E-state index in [4.69, 9.17) is 46.4 Å². The summed E-state index contributed by atoms with van der Waals surface area (Å²) in [5.41, 5.74) is 0.100. The van der Waals surface area contributed by atoms with Gasteiger partial charge in [0, 0.05) is 15.6 Å². The number of sulfone groups is 1. The molecule has 0 fully saturated rings. The molecule has 0 unspecified atom stereocenters. The molecule has 0 radical (unpaired) electrons. The van der Waals surface area contributed by atoms with E-state index in [9.17, 15) is 13.5 Å². The summed E-state index contributed by atoms with van der Waals surface area (Å²) in [6, 6.07) is 4.19. The molecule has 0 saturated heterocycles. The van der Waals surface area contributed by atoms with Crippen LogP contribution in [0.2, 0.25) is 10.0 Å². The number of hydrogen-bond acceptors (Lipinski definition) is 3. The summed E-state index contributed by atoms with van der Waals surface area (Å²) in [6.45, 7) is 1.38. The van der Waals surface area contributed by atoms with Crippen LogP contribution < -0.4 is 0 Å². The van der Waals surface area contributed by atoms with E-state index >= 15 is 0 Å². The van der Waals surface area contributed by atoms with Gasteiger partial charge in [0.2, 0.25) is 3.67 Å². The zero-order valence-corrected chi connectivity index (χ0v) is 13.0. The highest BCUT2D eigenvalue weighted by atomic mass is 35.5. The number of benzene rings is 1. The van der Waals surface area contributed by atoms with Crippen LogP contribution in [-0.2, 0) is 9.84 Å². The molecule has 8 heteroatoms. The maximum Gasteiger partial charge on any atom is 0.247 e. The van der Waals surface area contributed by atoms with Crippen molar-refractivity contribution in [1.82, 2.24) is 0 Å². The lowest BCUT2D eigenvalue weighted by atomic mass is 10.1. The van der Waals surface area contributed by atoms with Gasteiger partial charge in [-0.05, 0) is 12.1 Å². The van der Waals surface area contributed by atoms with E-state index in [1.807, 2.05) is 0 Å². The van der Waals surface area contributed by atoms with Crippen LogP contribution in [0.25, 0.3) is 0 Å². The van der Waals surface area contributed by atoms with E-state index in [-0.39, 0.29) is 16.3 Å². The minimum atomic E-state index is -3.88. The normalized spacial score (nSPS) is 14.6. The zero-order valence-electron chi connectivity index (χ0n) is 9.20. The molecule has 1 aromatic rings. The van der Waals surface area contributed by atoms with Crippen LogP contribution >= 0.6 is 46.4 Å². The number of alkyl halides is 2. The highest BCUT2D eigenvalue weighted by molar-refractivity contribution is 7.95. The van der Waals surface area contributed by atoms with Crippen LogP contribution in [0.5, 0.6) is 0 Å². The summed E-state index contributed by atoms with van der Waals surface area (Å²) in [5, 5.41) is 10.5. The Morgan fingerprint density at radius 1 is 1.33 bits per heavy atom. The third-order valence-electron chi connectivity index (χ3n) is 2.37. The molecule has 0 saturated carbocycles. The maximum absolute atomic E-state index is 11.7. The number of hydrogen-bond donors (Lipinski definition) is 1. The number of aliphatic hydroxyl groups is 1. The zero-order chi connectivity index (χ0) is 14.1. The summed E-state index contributed by atoms with van der Waals surface area (Å²) >= 11 is 23.1. The van der Waals surface area contributed by atoms with E-state index in [1.165, 1.54) is 25.1 Å². The Kier molecular flexibility index (Phi) is 5.21. The van der Waals surface area contributed by atoms with Crippen LogP contribution in [0.1, 0.15) is 18.6 Å². The second kappa shape index (κ2) is 5.73. The van der Waals surface area contributed by atoms with Gasteiger partial charge in [0.15, 0.2) is 9.84 Å². The number of aliphatic hydroxyl groups excluding tert-OH is 1. The SMILES string of the molecule is CCS(=O)(=O)C(Cl)(Cl)[C@@H](O)c1ccc(Cl)cc1Cl. The third kappa shape index (κ3) is 3.06. The Labute approximate surface area is 126 Å². The van der Waals surface area contributed by atoms with Gasteiger partial charge in [-0.3, -0.25) is 0 Å². The lowest BCUT2D eigenvalue weighted by Gasteiger charge is -2.26. The fourth-order valence-corrected chi connectivity index (χ4v) is 3.52. The lowest BCUT2D eigenvalue weighted by Crippen LogP contribution is -2.35. The van der Waals surface area contributed by atoms with Gasteiger partial charge in [-0.15, -0.1) is 0 Å². The van der Waals surface area contributed by atoms with Crippen molar-refractivity contribution in [2.24, 2.45) is 0 Å². The topological polar surface area (TPSA) is 54.4 Å². The Morgan fingerprint density at radius 3 is 2.33 bits per heavy atom. The van der Waals surface area contributed by atoms with Crippen LogP contribution in [0.15, 0.2) is 18.2 Å². The van der Waals surface area contributed by atoms with E-state index in [2.05, 4.69) is 0 Å². The second-order valence-corrected chi connectivity index (χ2v) is 8.66. The summed E-state index contributed by atoms with van der Waals surface area (Å²) in [5.74, 6) is -0.303. The Balaban J connectivity index is 3.26. The molecule has 1 rings (SSSR count). The second-order valence-electron chi connectivity index (χ2n) is 3.53. The third-order valence-corrected chi connectivity index (χ3v) is 6.57. The van der Waals surface area contributed by atoms with Crippen molar-refractivity contribution in [3.05, 3.63) is 33.8 Å². The van der Waals surface area contributed by atoms with Crippen molar-refractivity contribution < 1.29 is 13.5 Å². The number of rotatable bonds is 4. The van der Waals surface area contributed by atoms with Crippen molar-refractivity contribution in [3.8, 4) is 0 Å². The molecule has 0 aliphatic carbocycles. The first-order chi connectivity index (χ1) is 8.13. The average Bonchev–Trinajstić information content (AvgIpc) is 2.28. The van der Waals surface area contributed by atoms with Gasteiger partial charge in [-0.2, -0.15) is 0 Å². The molecule has 0 bridgehead atoms. The van der Waals surface area contributed by atoms with Crippen LogP contribution in [-0.4, -0.2) is 22.9 Å². The van der Waals surface area contributed by atoms with Gasteiger partial charge >= 0.3 is 0 Å². The van der Waals surface area contributed by atoms with Crippen molar-refractivity contribution in [1.29, 1.82) is 0 Å². The molecule has 0 aromatic heterocycles. The van der Waals surface area contributed by atoms with Gasteiger partial charge in [0.25, 0.3) is 0 Å². The average molecular weight is 352 g/mol. The predicted octanol–water partition coefficient (Wildman–Crippen LogP) is 3.59. The van der Waals surface area contributed by atoms with E-state index in [0.29, 0.717) is 5.02 Å². The first-order valence-electron chi connectivity index (χ1n) is 4.86. The minimum Gasteiger partial charge on any atom is -0.384 e. The largest absolute Gasteiger partial charge is 0.384 e. The molecule has 0 aliphatic rings. The van der Waals surface area contributed by atoms with E-state index in [1.54, 1.807) is 0 Å². The molecule has 1 aromatic carbocycles. The highest BCUT2D eigenvalue weighted by Crippen LogP contribution is 2.43. The molecule has 1 N–H and O–H groups in total. The standard InChI is InChI=1S/C10H10Cl4O3S/c1-2-18(16,17)10(13,14)9(15)7-4-3-6(11)5-8(7)12/h3-5,9,15H,2H2,1H3/t9-/m0/s1.